The normalized spacial score (nSPS) is 19.1. The molecule has 1 fully saturated rings. The molecule has 1 aliphatic rings. The van der Waals surface area contributed by atoms with Gasteiger partial charge in [-0.2, -0.15) is 0 Å². The molecule has 2 rings (SSSR count). The summed E-state index contributed by atoms with van der Waals surface area (Å²) in [6, 6.07) is 2.64. The molecule has 0 spiro atoms. The summed E-state index contributed by atoms with van der Waals surface area (Å²) in [5.74, 6) is 1.33. The predicted octanol–water partition coefficient (Wildman–Crippen LogP) is 1.80. The van der Waals surface area contributed by atoms with Crippen LogP contribution in [-0.4, -0.2) is 40.9 Å². The van der Waals surface area contributed by atoms with Gasteiger partial charge >= 0.3 is 0 Å². The molecule has 0 bridgehead atoms. The fraction of sp³-hybridized carbons (Fsp3) is 0.769. The van der Waals surface area contributed by atoms with E-state index in [1.165, 1.54) is 0 Å². The molecule has 1 aromatic heterocycles. The van der Waals surface area contributed by atoms with Crippen molar-refractivity contribution in [3.05, 3.63) is 17.5 Å². The van der Waals surface area contributed by atoms with Gasteiger partial charge in [0.2, 0.25) is 0 Å². The maximum Gasteiger partial charge on any atom is 0.139 e. The summed E-state index contributed by atoms with van der Waals surface area (Å²) < 4.78 is 5.21. The summed E-state index contributed by atoms with van der Waals surface area (Å²) in [6.07, 6.45) is 2.88. The Morgan fingerprint density at radius 2 is 2.18 bits per heavy atom. The molecule has 0 aromatic carbocycles. The number of rotatable bonds is 4. The molecule has 0 saturated carbocycles. The van der Waals surface area contributed by atoms with Crippen LogP contribution in [0.5, 0.6) is 0 Å². The van der Waals surface area contributed by atoms with Gasteiger partial charge in [0.25, 0.3) is 0 Å². The Balaban J connectivity index is 1.91. The molecule has 1 saturated heterocycles. The van der Waals surface area contributed by atoms with E-state index in [2.05, 4.69) is 23.9 Å². The van der Waals surface area contributed by atoms with Gasteiger partial charge in [-0.25, -0.2) is 0 Å². The molecule has 2 heterocycles. The predicted molar refractivity (Wildman–Crippen MR) is 66.0 cm³/mol. The van der Waals surface area contributed by atoms with E-state index < -0.39 is 0 Å². The molecule has 0 unspecified atom stereocenters. The van der Waals surface area contributed by atoms with E-state index in [4.69, 9.17) is 9.63 Å². The topological polar surface area (TPSA) is 49.5 Å². The molecule has 4 heteroatoms. The minimum atomic E-state index is 0.125. The summed E-state index contributed by atoms with van der Waals surface area (Å²) in [5, 5.41) is 13.0. The highest BCUT2D eigenvalue weighted by Crippen LogP contribution is 2.28. The first-order valence-electron chi connectivity index (χ1n) is 6.51. The van der Waals surface area contributed by atoms with Gasteiger partial charge in [0.05, 0.1) is 12.3 Å². The van der Waals surface area contributed by atoms with E-state index in [1.807, 2.05) is 6.07 Å². The number of aromatic nitrogens is 1. The lowest BCUT2D eigenvalue weighted by atomic mass is 9.93. The average Bonchev–Trinajstić information content (AvgIpc) is 2.78. The monoisotopic (exact) mass is 238 g/mol. The summed E-state index contributed by atoms with van der Waals surface area (Å²) in [5.41, 5.74) is 1.07. The largest absolute Gasteiger partial charge is 0.396 e. The second kappa shape index (κ2) is 5.65. The van der Waals surface area contributed by atoms with Crippen molar-refractivity contribution in [3.8, 4) is 0 Å². The van der Waals surface area contributed by atoms with E-state index in [0.717, 1.165) is 37.4 Å². The van der Waals surface area contributed by atoms with Crippen LogP contribution in [0.25, 0.3) is 0 Å². The van der Waals surface area contributed by atoms with Crippen LogP contribution in [0.3, 0.4) is 0 Å². The van der Waals surface area contributed by atoms with E-state index >= 15 is 0 Å². The first kappa shape index (κ1) is 12.6. The smallest absolute Gasteiger partial charge is 0.139 e. The van der Waals surface area contributed by atoms with Gasteiger partial charge in [-0.1, -0.05) is 5.16 Å². The zero-order chi connectivity index (χ0) is 12.3. The lowest BCUT2D eigenvalue weighted by Crippen LogP contribution is -2.37. The molecule has 0 radical (unpaired) electrons. The Labute approximate surface area is 103 Å². The van der Waals surface area contributed by atoms with Crippen LogP contribution in [0.4, 0.5) is 0 Å². The summed E-state index contributed by atoms with van der Waals surface area (Å²) in [7, 11) is 0. The van der Waals surface area contributed by atoms with Gasteiger partial charge in [0.15, 0.2) is 0 Å². The minimum absolute atomic E-state index is 0.125. The number of aliphatic hydroxyl groups is 1. The number of nitrogens with zero attached hydrogens (tertiary/aromatic N) is 2. The van der Waals surface area contributed by atoms with Gasteiger partial charge < -0.3 is 14.5 Å². The zero-order valence-electron chi connectivity index (χ0n) is 10.7. The standard InChI is InChI=1S/C13H22N2O2/c1-10(2)15-6-3-11(4-7-15)13-9-12(5-8-16)17-14-13/h9-11,16H,3-8H2,1-2H3. The van der Waals surface area contributed by atoms with Crippen molar-refractivity contribution in [3.63, 3.8) is 0 Å². The van der Waals surface area contributed by atoms with Crippen molar-refractivity contribution in [2.45, 2.75) is 45.1 Å². The average molecular weight is 238 g/mol. The number of likely N-dealkylation sites (tertiary alicyclic amines) is 1. The van der Waals surface area contributed by atoms with Crippen LogP contribution in [0, 0.1) is 0 Å². The van der Waals surface area contributed by atoms with Crippen LogP contribution in [-0.2, 0) is 6.42 Å². The maximum absolute atomic E-state index is 8.84. The molecule has 1 aromatic rings. The van der Waals surface area contributed by atoms with Gasteiger partial charge in [-0.05, 0) is 39.8 Å². The van der Waals surface area contributed by atoms with Crippen molar-refractivity contribution in [2.75, 3.05) is 19.7 Å². The highest BCUT2D eigenvalue weighted by atomic mass is 16.5. The highest BCUT2D eigenvalue weighted by molar-refractivity contribution is 5.11. The Kier molecular flexibility index (Phi) is 4.18. The second-order valence-corrected chi connectivity index (χ2v) is 5.10. The lowest BCUT2D eigenvalue weighted by Gasteiger charge is -2.33. The summed E-state index contributed by atoms with van der Waals surface area (Å²) in [4.78, 5) is 2.51. The van der Waals surface area contributed by atoms with Gasteiger partial charge in [0, 0.05) is 24.4 Å². The molecule has 1 N–H and O–H groups in total. The van der Waals surface area contributed by atoms with E-state index in [0.29, 0.717) is 18.4 Å². The fourth-order valence-electron chi connectivity index (χ4n) is 2.46. The van der Waals surface area contributed by atoms with Crippen molar-refractivity contribution in [1.29, 1.82) is 0 Å². The van der Waals surface area contributed by atoms with E-state index in [1.54, 1.807) is 0 Å². The molecular weight excluding hydrogens is 216 g/mol. The third-order valence-corrected chi connectivity index (χ3v) is 3.61. The maximum atomic E-state index is 8.84. The zero-order valence-corrected chi connectivity index (χ0v) is 10.7. The first-order valence-corrected chi connectivity index (χ1v) is 6.51. The second-order valence-electron chi connectivity index (χ2n) is 5.10. The van der Waals surface area contributed by atoms with Crippen LogP contribution >= 0.6 is 0 Å². The first-order chi connectivity index (χ1) is 8.20. The third-order valence-electron chi connectivity index (χ3n) is 3.61. The van der Waals surface area contributed by atoms with Gasteiger partial charge in [-0.3, -0.25) is 0 Å². The summed E-state index contributed by atoms with van der Waals surface area (Å²) >= 11 is 0. The molecular formula is C13H22N2O2. The number of hydrogen-bond acceptors (Lipinski definition) is 4. The number of aliphatic hydroxyl groups excluding tert-OH is 1. The minimum Gasteiger partial charge on any atom is -0.396 e. The highest BCUT2D eigenvalue weighted by Gasteiger charge is 2.24. The van der Waals surface area contributed by atoms with Gasteiger partial charge in [-0.15, -0.1) is 0 Å². The third kappa shape index (κ3) is 3.07. The van der Waals surface area contributed by atoms with Crippen LogP contribution in [0.1, 0.15) is 44.1 Å². The summed E-state index contributed by atoms with van der Waals surface area (Å²) in [6.45, 7) is 6.90. The molecule has 0 aliphatic carbocycles. The molecule has 1 aliphatic heterocycles. The van der Waals surface area contributed by atoms with Crippen molar-refractivity contribution in [2.24, 2.45) is 0 Å². The van der Waals surface area contributed by atoms with Crippen LogP contribution in [0.15, 0.2) is 10.6 Å². The Morgan fingerprint density at radius 1 is 1.47 bits per heavy atom. The molecule has 17 heavy (non-hydrogen) atoms. The fourth-order valence-corrected chi connectivity index (χ4v) is 2.46. The quantitative estimate of drug-likeness (QED) is 0.869. The molecule has 96 valence electrons. The van der Waals surface area contributed by atoms with Gasteiger partial charge in [0.1, 0.15) is 5.76 Å². The van der Waals surface area contributed by atoms with Crippen molar-refractivity contribution >= 4 is 0 Å². The Hall–Kier alpha value is -0.870. The Morgan fingerprint density at radius 3 is 2.76 bits per heavy atom. The van der Waals surface area contributed by atoms with E-state index in [9.17, 15) is 0 Å². The number of piperidine rings is 1. The van der Waals surface area contributed by atoms with Crippen LogP contribution < -0.4 is 0 Å². The SMILES string of the molecule is CC(C)N1CCC(c2cc(CCO)on2)CC1. The molecule has 0 amide bonds. The lowest BCUT2D eigenvalue weighted by molar-refractivity contribution is 0.169. The molecule has 0 atom stereocenters. The number of hydrogen-bond donors (Lipinski definition) is 1. The Bertz CT molecular complexity index is 341. The van der Waals surface area contributed by atoms with E-state index in [-0.39, 0.29) is 6.61 Å². The molecule has 4 nitrogen and oxygen atoms in total. The van der Waals surface area contributed by atoms with Crippen molar-refractivity contribution in [1.82, 2.24) is 10.1 Å². The van der Waals surface area contributed by atoms with Crippen LogP contribution in [0.2, 0.25) is 0 Å². The van der Waals surface area contributed by atoms with Crippen molar-refractivity contribution < 1.29 is 9.63 Å².